The zero-order valence-corrected chi connectivity index (χ0v) is 21.8. The maximum Gasteiger partial charge on any atom is 0.408 e. The Labute approximate surface area is 215 Å². The number of nitrogens with one attached hydrogen (secondary N) is 2. The number of nitrogens with zero attached hydrogens (tertiary/aromatic N) is 1. The van der Waals surface area contributed by atoms with Crippen molar-refractivity contribution in [3.05, 3.63) is 29.8 Å². The van der Waals surface area contributed by atoms with Crippen LogP contribution in [0.5, 0.6) is 5.75 Å². The summed E-state index contributed by atoms with van der Waals surface area (Å²) in [5.41, 5.74) is 4.83. The number of hydrogen-bond donors (Lipinski definition) is 4. The van der Waals surface area contributed by atoms with Crippen LogP contribution in [0.15, 0.2) is 24.3 Å². The number of benzene rings is 1. The number of amides is 4. The first-order valence-corrected chi connectivity index (χ1v) is 12.0. The van der Waals surface area contributed by atoms with Crippen LogP contribution in [0, 0.1) is 5.92 Å². The van der Waals surface area contributed by atoms with Gasteiger partial charge in [0, 0.05) is 12.5 Å². The maximum atomic E-state index is 13.9. The molecular formula is C25H36N4O8. The minimum absolute atomic E-state index is 0.0407. The minimum atomic E-state index is -1.22. The van der Waals surface area contributed by atoms with E-state index in [0.717, 1.165) is 0 Å². The molecule has 2 rings (SSSR count). The van der Waals surface area contributed by atoms with Gasteiger partial charge < -0.3 is 35.8 Å². The molecule has 4 atom stereocenters. The first-order chi connectivity index (χ1) is 17.2. The van der Waals surface area contributed by atoms with Gasteiger partial charge in [0.15, 0.2) is 0 Å². The molecule has 1 aliphatic rings. The van der Waals surface area contributed by atoms with Crippen molar-refractivity contribution in [3.8, 4) is 5.75 Å². The van der Waals surface area contributed by atoms with Crippen molar-refractivity contribution >= 4 is 29.8 Å². The lowest BCUT2D eigenvalue weighted by atomic mass is 10.0. The van der Waals surface area contributed by atoms with Crippen molar-refractivity contribution in [1.29, 1.82) is 0 Å². The lowest BCUT2D eigenvalue weighted by molar-refractivity contribution is -0.145. The van der Waals surface area contributed by atoms with Crippen LogP contribution in [-0.2, 0) is 28.7 Å². The third-order valence-corrected chi connectivity index (χ3v) is 5.72. The smallest absolute Gasteiger partial charge is 0.408 e. The molecule has 0 bridgehead atoms. The van der Waals surface area contributed by atoms with Gasteiger partial charge in [-0.15, -0.1) is 0 Å². The summed E-state index contributed by atoms with van der Waals surface area (Å²) in [4.78, 5) is 64.4. The molecule has 4 unspecified atom stereocenters. The summed E-state index contributed by atoms with van der Waals surface area (Å²) in [7, 11) is 1.18. The van der Waals surface area contributed by atoms with Crippen molar-refractivity contribution in [3.63, 3.8) is 0 Å². The number of aromatic hydroxyl groups is 1. The molecule has 0 heterocycles. The van der Waals surface area contributed by atoms with Gasteiger partial charge in [-0.3, -0.25) is 19.2 Å². The van der Waals surface area contributed by atoms with Crippen molar-refractivity contribution in [2.75, 3.05) is 13.7 Å². The Morgan fingerprint density at radius 2 is 1.76 bits per heavy atom. The fraction of sp³-hybridized carbons (Fsp3) is 0.560. The number of rotatable bonds is 11. The Kier molecular flexibility index (Phi) is 9.87. The molecule has 1 aliphatic carbocycles. The Morgan fingerprint density at radius 1 is 1.16 bits per heavy atom. The third kappa shape index (κ3) is 8.96. The second-order valence-electron chi connectivity index (χ2n) is 10.0. The van der Waals surface area contributed by atoms with E-state index in [0.29, 0.717) is 12.0 Å². The zero-order chi connectivity index (χ0) is 27.9. The van der Waals surface area contributed by atoms with Crippen molar-refractivity contribution in [1.82, 2.24) is 15.5 Å². The number of hydrogen-bond acceptors (Lipinski definition) is 8. The summed E-state index contributed by atoms with van der Waals surface area (Å²) < 4.78 is 9.88. The number of carbonyl (C=O) groups is 5. The Bertz CT molecular complexity index is 1000. The second kappa shape index (κ2) is 12.4. The number of phenolic OH excluding ortho intramolecular Hbond substituents is 1. The molecule has 1 aromatic rings. The number of ether oxygens (including phenoxy) is 2. The van der Waals surface area contributed by atoms with E-state index >= 15 is 0 Å². The van der Waals surface area contributed by atoms with Gasteiger partial charge in [0.05, 0.1) is 7.11 Å². The van der Waals surface area contributed by atoms with Gasteiger partial charge in [-0.1, -0.05) is 19.1 Å². The minimum Gasteiger partial charge on any atom is -0.508 e. The molecule has 0 aromatic heterocycles. The van der Waals surface area contributed by atoms with E-state index in [9.17, 15) is 29.1 Å². The number of alkyl carbamates (subject to hydrolysis) is 1. The van der Waals surface area contributed by atoms with E-state index < -0.39 is 54.0 Å². The molecule has 1 aromatic carbocycles. The third-order valence-electron chi connectivity index (χ3n) is 5.72. The standard InChI is InChI=1S/C25H36N4O8/c1-14-12-18(14)29(23(34)17(10-11-19(26)31)28-24(35)37-25(2,3)4)21(15-6-8-16(30)9-7-15)22(33)27-13-20(32)36-5/h6-9,14,17-18,21,30H,10-13H2,1-5H3,(H2,26,31)(H,27,33)(H,28,35). The summed E-state index contributed by atoms with van der Waals surface area (Å²) in [5, 5.41) is 14.8. The van der Waals surface area contributed by atoms with Crippen LogP contribution in [-0.4, -0.2) is 71.1 Å². The van der Waals surface area contributed by atoms with Gasteiger partial charge in [-0.2, -0.15) is 0 Å². The summed E-state index contributed by atoms with van der Waals surface area (Å²) in [6.07, 6.45) is -0.578. The fourth-order valence-electron chi connectivity index (χ4n) is 3.77. The largest absolute Gasteiger partial charge is 0.508 e. The Balaban J connectivity index is 2.47. The number of nitrogens with two attached hydrogens (primary N) is 1. The lowest BCUT2D eigenvalue weighted by Crippen LogP contribution is -2.54. The average Bonchev–Trinajstić information content (AvgIpc) is 3.52. The highest BCUT2D eigenvalue weighted by atomic mass is 16.6. The zero-order valence-electron chi connectivity index (χ0n) is 21.8. The number of methoxy groups -OCH3 is 1. The molecule has 12 nitrogen and oxygen atoms in total. The quantitative estimate of drug-likeness (QED) is 0.314. The highest BCUT2D eigenvalue weighted by Gasteiger charge is 2.48. The normalized spacial score (nSPS) is 18.1. The van der Waals surface area contributed by atoms with Gasteiger partial charge in [-0.25, -0.2) is 4.79 Å². The van der Waals surface area contributed by atoms with Gasteiger partial charge >= 0.3 is 12.1 Å². The number of esters is 1. The first kappa shape index (κ1) is 29.4. The van der Waals surface area contributed by atoms with Crippen LogP contribution in [0.25, 0.3) is 0 Å². The van der Waals surface area contributed by atoms with E-state index in [1.54, 1.807) is 20.8 Å². The Morgan fingerprint density at radius 3 is 2.24 bits per heavy atom. The van der Waals surface area contributed by atoms with Crippen LogP contribution in [0.1, 0.15) is 58.6 Å². The summed E-state index contributed by atoms with van der Waals surface area (Å²) in [6.45, 7) is 6.48. The molecule has 5 N–H and O–H groups in total. The van der Waals surface area contributed by atoms with Gasteiger partial charge in [0.2, 0.25) is 17.7 Å². The highest BCUT2D eigenvalue weighted by Crippen LogP contribution is 2.41. The molecule has 0 radical (unpaired) electrons. The van der Waals surface area contributed by atoms with E-state index in [-0.39, 0.29) is 30.6 Å². The monoisotopic (exact) mass is 520 g/mol. The Hall–Kier alpha value is -3.83. The maximum absolute atomic E-state index is 13.9. The summed E-state index contributed by atoms with van der Waals surface area (Å²) in [6, 6.07) is 2.95. The molecule has 1 fully saturated rings. The van der Waals surface area contributed by atoms with Gasteiger partial charge in [0.25, 0.3) is 0 Å². The molecule has 0 aliphatic heterocycles. The molecule has 1 saturated carbocycles. The van der Waals surface area contributed by atoms with Crippen LogP contribution in [0.4, 0.5) is 4.79 Å². The van der Waals surface area contributed by atoms with E-state index in [2.05, 4.69) is 15.4 Å². The van der Waals surface area contributed by atoms with Gasteiger partial charge in [-0.05, 0) is 57.2 Å². The topological polar surface area (TPSA) is 177 Å². The van der Waals surface area contributed by atoms with Crippen LogP contribution < -0.4 is 16.4 Å². The number of primary amides is 1. The summed E-state index contributed by atoms with van der Waals surface area (Å²) in [5.74, 6) is -2.61. The van der Waals surface area contributed by atoms with E-state index in [1.165, 1.54) is 36.3 Å². The SMILES string of the molecule is COC(=O)CNC(=O)C(c1ccc(O)cc1)N(C(=O)C(CCC(N)=O)NC(=O)OC(C)(C)C)C1CC1C. The predicted molar refractivity (Wildman–Crippen MR) is 132 cm³/mol. The molecule has 37 heavy (non-hydrogen) atoms. The van der Waals surface area contributed by atoms with E-state index in [4.69, 9.17) is 10.5 Å². The van der Waals surface area contributed by atoms with Crippen molar-refractivity contribution in [2.24, 2.45) is 11.7 Å². The summed E-state index contributed by atoms with van der Waals surface area (Å²) >= 11 is 0. The van der Waals surface area contributed by atoms with Crippen LogP contribution in [0.3, 0.4) is 0 Å². The van der Waals surface area contributed by atoms with Crippen molar-refractivity contribution in [2.45, 2.75) is 70.7 Å². The van der Waals surface area contributed by atoms with Crippen LogP contribution >= 0.6 is 0 Å². The average molecular weight is 521 g/mol. The highest BCUT2D eigenvalue weighted by molar-refractivity contribution is 5.94. The second-order valence-corrected chi connectivity index (χ2v) is 10.0. The molecule has 12 heteroatoms. The first-order valence-electron chi connectivity index (χ1n) is 12.0. The predicted octanol–water partition coefficient (Wildman–Crippen LogP) is 1.12. The van der Waals surface area contributed by atoms with E-state index in [1.807, 2.05) is 6.92 Å². The van der Waals surface area contributed by atoms with Crippen molar-refractivity contribution < 1.29 is 38.6 Å². The van der Waals surface area contributed by atoms with Gasteiger partial charge in [0.1, 0.15) is 30.0 Å². The number of carbonyl (C=O) groups excluding carboxylic acids is 5. The molecule has 0 spiro atoms. The lowest BCUT2D eigenvalue weighted by Gasteiger charge is -2.35. The number of phenols is 1. The molecule has 0 saturated heterocycles. The fourth-order valence-corrected chi connectivity index (χ4v) is 3.77. The molecule has 4 amide bonds. The molecule has 204 valence electrons. The molecular weight excluding hydrogens is 484 g/mol. The van der Waals surface area contributed by atoms with Crippen LogP contribution in [0.2, 0.25) is 0 Å².